The normalized spacial score (nSPS) is 12.2. The molecule has 0 saturated heterocycles. The summed E-state index contributed by atoms with van der Waals surface area (Å²) >= 11 is 0. The van der Waals surface area contributed by atoms with Crippen LogP contribution in [0, 0.1) is 59.8 Å². The maximum Gasteiger partial charge on any atom is 0.335 e. The van der Waals surface area contributed by atoms with Gasteiger partial charge in [-0.15, -0.1) is 0 Å². The molecule has 2 aliphatic heterocycles. The predicted molar refractivity (Wildman–Crippen MR) is 322 cm³/mol. The number of rotatable bonds is 15. The molecule has 25 heteroatoms. The van der Waals surface area contributed by atoms with Crippen molar-refractivity contribution in [1.29, 1.82) is 10.5 Å². The van der Waals surface area contributed by atoms with E-state index in [1.807, 2.05) is 57.1 Å². The van der Waals surface area contributed by atoms with E-state index in [2.05, 4.69) is 41.5 Å². The molecule has 0 bridgehead atoms. The van der Waals surface area contributed by atoms with E-state index in [1.54, 1.807) is 79.7 Å². The molecule has 0 aliphatic carbocycles. The summed E-state index contributed by atoms with van der Waals surface area (Å²) < 4.78 is 59.4. The first-order chi connectivity index (χ1) is 41.6. The number of fused-ring (bicyclic) bond motifs is 2. The van der Waals surface area contributed by atoms with Crippen molar-refractivity contribution in [2.45, 2.75) is 26.9 Å². The number of likely N-dealkylation sites (N-methyl/N-ethyl adjacent to an activating group) is 2. The summed E-state index contributed by atoms with van der Waals surface area (Å²) in [7, 11) is 7.61. The Hall–Kier alpha value is -11.0. The molecular formula is C62H58F4N16O5. The summed E-state index contributed by atoms with van der Waals surface area (Å²) in [6.07, 6.45) is 0. The first kappa shape index (κ1) is 62.0. The van der Waals surface area contributed by atoms with E-state index in [0.29, 0.717) is 87.9 Å². The zero-order valence-corrected chi connectivity index (χ0v) is 47.9. The third-order valence-corrected chi connectivity index (χ3v) is 13.4. The Morgan fingerprint density at radius 2 is 1.01 bits per heavy atom. The predicted octanol–water partition coefficient (Wildman–Crippen LogP) is 10.1. The Morgan fingerprint density at radius 1 is 0.609 bits per heavy atom. The lowest BCUT2D eigenvalue weighted by Crippen LogP contribution is -2.43. The molecule has 10 rings (SSSR count). The molecule has 2 aromatic heterocycles. The number of nitriles is 2. The fourth-order valence-electron chi connectivity index (χ4n) is 8.94. The number of benzene rings is 6. The number of urea groups is 2. The van der Waals surface area contributed by atoms with Crippen LogP contribution in [0.4, 0.5) is 73.4 Å². The highest BCUT2D eigenvalue weighted by molar-refractivity contribution is 6.06. The average molecular weight is 1180 g/mol. The highest BCUT2D eigenvalue weighted by Gasteiger charge is 2.36. The maximum atomic E-state index is 15.0. The topological polar surface area (TPSA) is 287 Å². The van der Waals surface area contributed by atoms with E-state index < -0.39 is 52.7 Å². The van der Waals surface area contributed by atoms with Gasteiger partial charge in [-0.1, -0.05) is 24.3 Å². The molecule has 0 unspecified atom stereocenters. The lowest BCUT2D eigenvalue weighted by molar-refractivity contribution is 0.0696. The number of carbonyl (C=O) groups is 4. The molecule has 8 aromatic rings. The van der Waals surface area contributed by atoms with Crippen LogP contribution >= 0.6 is 0 Å². The molecule has 4 heterocycles. The molecule has 0 spiro atoms. The first-order valence-corrected chi connectivity index (χ1v) is 26.8. The molecule has 5 amide bonds. The van der Waals surface area contributed by atoms with Crippen LogP contribution in [-0.2, 0) is 13.1 Å². The van der Waals surface area contributed by atoms with Gasteiger partial charge in [0.1, 0.15) is 34.6 Å². The summed E-state index contributed by atoms with van der Waals surface area (Å²) in [5, 5.41) is 41.2. The second-order valence-electron chi connectivity index (χ2n) is 20.2. The minimum absolute atomic E-state index is 0.00481. The zero-order chi connectivity index (χ0) is 62.6. The van der Waals surface area contributed by atoms with Gasteiger partial charge >= 0.3 is 18.0 Å². The van der Waals surface area contributed by atoms with Gasteiger partial charge in [-0.2, -0.15) is 20.5 Å². The number of nitrogens with zero attached hydrogens (tertiary/aromatic N) is 10. The van der Waals surface area contributed by atoms with Gasteiger partial charge in [0.2, 0.25) is 11.9 Å². The van der Waals surface area contributed by atoms with Gasteiger partial charge in [0.05, 0.1) is 53.3 Å². The number of aromatic carboxylic acids is 1. The number of anilines is 8. The lowest BCUT2D eigenvalue weighted by Gasteiger charge is -2.31. The van der Waals surface area contributed by atoms with Crippen molar-refractivity contribution >= 4 is 70.2 Å². The van der Waals surface area contributed by atoms with E-state index in [4.69, 9.17) is 21.2 Å². The Labute approximate surface area is 497 Å². The van der Waals surface area contributed by atoms with Crippen LogP contribution < -0.4 is 42.1 Å². The number of carboxylic acids is 1. The molecule has 6 aromatic carbocycles. The number of nitrogens with two attached hydrogens (primary N) is 1. The Bertz CT molecular complexity index is 3970. The third kappa shape index (κ3) is 14.7. The molecule has 0 atom stereocenters. The number of carboxylic acid groups (broad SMARTS) is 1. The van der Waals surface area contributed by atoms with Crippen LogP contribution in [0.3, 0.4) is 0 Å². The molecule has 2 aliphatic rings. The van der Waals surface area contributed by atoms with Gasteiger partial charge < -0.3 is 47.2 Å². The number of aromatic nitrogens is 4. The van der Waals surface area contributed by atoms with Crippen molar-refractivity contribution in [2.75, 3.05) is 85.9 Å². The molecule has 87 heavy (non-hydrogen) atoms. The Morgan fingerprint density at radius 3 is 1.41 bits per heavy atom. The van der Waals surface area contributed by atoms with E-state index in [1.165, 1.54) is 24.3 Å². The van der Waals surface area contributed by atoms with Gasteiger partial charge in [-0.3, -0.25) is 4.79 Å². The van der Waals surface area contributed by atoms with Crippen molar-refractivity contribution in [3.63, 3.8) is 0 Å². The van der Waals surface area contributed by atoms with Crippen LogP contribution in [0.1, 0.15) is 54.1 Å². The fraction of sp³-hybridized carbons (Fsp3) is 0.194. The highest BCUT2D eigenvalue weighted by Crippen LogP contribution is 2.41. The van der Waals surface area contributed by atoms with E-state index >= 15 is 0 Å². The number of aryl methyl sites for hydroxylation is 2. The number of carbonyl (C=O) groups excluding carboxylic acids is 3. The van der Waals surface area contributed by atoms with E-state index in [9.17, 15) is 41.8 Å². The third-order valence-electron chi connectivity index (χ3n) is 13.4. The Balaban J connectivity index is 0.000000200. The summed E-state index contributed by atoms with van der Waals surface area (Å²) in [6, 6.07) is 32.2. The molecule has 21 nitrogen and oxygen atoms in total. The lowest BCUT2D eigenvalue weighted by atomic mass is 9.97. The molecular weight excluding hydrogens is 1120 g/mol. The highest BCUT2D eigenvalue weighted by atomic mass is 19.1. The molecule has 0 radical (unpaired) electrons. The van der Waals surface area contributed by atoms with Crippen molar-refractivity contribution in [3.05, 3.63) is 189 Å². The van der Waals surface area contributed by atoms with E-state index in [-0.39, 0.29) is 48.1 Å². The number of hydrogen-bond donors (Lipinski definition) is 7. The van der Waals surface area contributed by atoms with Crippen LogP contribution in [0.25, 0.3) is 22.5 Å². The summed E-state index contributed by atoms with van der Waals surface area (Å²) in [6.45, 7) is 5.84. The van der Waals surface area contributed by atoms with Crippen molar-refractivity contribution in [3.8, 4) is 34.7 Å². The van der Waals surface area contributed by atoms with Gasteiger partial charge in [-0.25, -0.2) is 51.7 Å². The quantitative estimate of drug-likeness (QED) is 0.0371. The molecule has 0 fully saturated rings. The zero-order valence-electron chi connectivity index (χ0n) is 47.9. The first-order valence-electron chi connectivity index (χ1n) is 26.8. The van der Waals surface area contributed by atoms with Crippen LogP contribution in [0.15, 0.2) is 121 Å². The average Bonchev–Trinajstić information content (AvgIpc) is 0.852. The second kappa shape index (κ2) is 27.6. The second-order valence-corrected chi connectivity index (χ2v) is 20.2. The number of halogens is 4. The summed E-state index contributed by atoms with van der Waals surface area (Å²) in [4.78, 5) is 74.7. The minimum atomic E-state index is -1.11. The van der Waals surface area contributed by atoms with Gasteiger partial charge in [0, 0.05) is 65.4 Å². The van der Waals surface area contributed by atoms with Crippen molar-refractivity contribution < 1.29 is 41.8 Å². The van der Waals surface area contributed by atoms with Gasteiger partial charge in [0.25, 0.3) is 5.91 Å². The Kier molecular flexibility index (Phi) is 19.7. The largest absolute Gasteiger partial charge is 0.478 e. The van der Waals surface area contributed by atoms with Crippen LogP contribution in [0.2, 0.25) is 0 Å². The van der Waals surface area contributed by atoms with Crippen molar-refractivity contribution in [1.82, 2.24) is 40.4 Å². The number of amides is 5. The van der Waals surface area contributed by atoms with Gasteiger partial charge in [-0.05, 0) is 150 Å². The molecule has 8 N–H and O–H groups in total. The summed E-state index contributed by atoms with van der Waals surface area (Å²) in [5.41, 5.74) is 11.1. The van der Waals surface area contributed by atoms with E-state index in [0.717, 1.165) is 45.2 Å². The SMILES string of the molecule is Cc1ccc(C(=O)Nc2ccc(C#N)cc2)cc1-c1nc(NCCN(C)C)nc2c1CNC(=O)N2c1c(F)cccc1F.Cc1ccc(C(=O)O)cc1-c1nc(NCCN(C)C)nc2c1CNC(=O)N2c1c(F)cccc1F.N#Cc1ccc(N)cc1. The number of nitrogen functional groups attached to an aromatic ring is 1. The van der Waals surface area contributed by atoms with Gasteiger partial charge in [0.15, 0.2) is 11.6 Å². The van der Waals surface area contributed by atoms with Crippen molar-refractivity contribution in [2.24, 2.45) is 0 Å². The summed E-state index contributed by atoms with van der Waals surface area (Å²) in [5.74, 6) is -4.89. The number of hydrogen-bond acceptors (Lipinski definition) is 15. The van der Waals surface area contributed by atoms with Crippen LogP contribution in [-0.4, -0.2) is 113 Å². The molecule has 0 saturated carbocycles. The maximum absolute atomic E-state index is 15.0. The smallest absolute Gasteiger partial charge is 0.335 e. The monoisotopic (exact) mass is 1180 g/mol. The van der Waals surface area contributed by atoms with Crippen LogP contribution in [0.5, 0.6) is 0 Å². The number of nitrogens with one attached hydrogen (secondary N) is 5. The molecule has 444 valence electrons. The minimum Gasteiger partial charge on any atom is -0.478 e. The standard InChI is InChI=1S/C31H28F2N8O2.C24H24F2N6O3.C7H6N2/c1-18-7-10-20(29(42)37-21-11-8-19(16-34)9-12-21)15-22(18)26-23-17-36-31(43)41(27-24(32)5-4-6-25(27)33)28(23)39-30(38-26)35-13-14-40(2)3;1-13-7-8-14(22(33)34)11-15(13)19-16-12-28-24(35)32(20-17(25)5-4-6-18(20)26)21(16)30-23(29-19)27-9-10-31(2)3;8-5-6-1-3-7(9)4-2-6/h4-12,15H,13-14,17H2,1-3H3,(H,36,43)(H,37,42)(H,35,38,39);4-8,11H,9-10,12H2,1-3H3,(H,28,35)(H,33,34)(H,27,29,30);1-4H,9H2. The number of para-hydroxylation sites is 2. The fourth-order valence-corrected chi connectivity index (χ4v) is 8.94.